The Morgan fingerprint density at radius 2 is 2.05 bits per heavy atom. The second-order valence-corrected chi connectivity index (χ2v) is 6.46. The molecule has 4 heteroatoms. The van der Waals surface area contributed by atoms with E-state index in [0.29, 0.717) is 13.0 Å². The van der Waals surface area contributed by atoms with E-state index in [4.69, 9.17) is 10.5 Å². The van der Waals surface area contributed by atoms with Gasteiger partial charge in [-0.1, -0.05) is 37.5 Å². The van der Waals surface area contributed by atoms with Crippen LogP contribution in [0.3, 0.4) is 0 Å². The van der Waals surface area contributed by atoms with Crippen molar-refractivity contribution in [3.8, 4) is 5.75 Å². The zero-order chi connectivity index (χ0) is 14.7. The number of carbonyl (C=O) groups is 1. The summed E-state index contributed by atoms with van der Waals surface area (Å²) in [6.07, 6.45) is 6.81. The van der Waals surface area contributed by atoms with Crippen LogP contribution in [0.1, 0.15) is 44.1 Å². The van der Waals surface area contributed by atoms with Crippen molar-refractivity contribution in [1.29, 1.82) is 0 Å². The monoisotopic (exact) mass is 288 g/mol. The second-order valence-electron chi connectivity index (χ2n) is 6.46. The highest BCUT2D eigenvalue weighted by atomic mass is 16.5. The summed E-state index contributed by atoms with van der Waals surface area (Å²) in [5.41, 5.74) is 7.25. The number of carbonyl (C=O) groups excluding carboxylic acids is 1. The Labute approximate surface area is 126 Å². The molecule has 1 saturated carbocycles. The van der Waals surface area contributed by atoms with Crippen LogP contribution in [-0.4, -0.2) is 24.1 Å². The van der Waals surface area contributed by atoms with Crippen molar-refractivity contribution in [3.63, 3.8) is 0 Å². The fourth-order valence-electron chi connectivity index (χ4n) is 3.41. The summed E-state index contributed by atoms with van der Waals surface area (Å²) in [5, 5.41) is 2.99. The predicted molar refractivity (Wildman–Crippen MR) is 82.2 cm³/mol. The van der Waals surface area contributed by atoms with Gasteiger partial charge in [0.05, 0.1) is 6.54 Å². The van der Waals surface area contributed by atoms with Gasteiger partial charge in [0.15, 0.2) is 0 Å². The van der Waals surface area contributed by atoms with E-state index in [0.717, 1.165) is 37.9 Å². The highest BCUT2D eigenvalue weighted by molar-refractivity contribution is 5.77. The maximum atomic E-state index is 12.1. The topological polar surface area (TPSA) is 64.4 Å². The molecule has 1 amide bonds. The first kappa shape index (κ1) is 14.4. The number of nitrogens with one attached hydrogen (secondary N) is 1. The van der Waals surface area contributed by atoms with Crippen LogP contribution in [-0.2, 0) is 11.2 Å². The summed E-state index contributed by atoms with van der Waals surface area (Å²) in [6.45, 7) is 0.559. The Morgan fingerprint density at radius 1 is 1.29 bits per heavy atom. The quantitative estimate of drug-likeness (QED) is 0.892. The third-order valence-electron chi connectivity index (χ3n) is 4.60. The molecule has 0 bridgehead atoms. The van der Waals surface area contributed by atoms with Gasteiger partial charge >= 0.3 is 0 Å². The van der Waals surface area contributed by atoms with E-state index in [1.807, 2.05) is 18.2 Å². The molecule has 0 spiro atoms. The van der Waals surface area contributed by atoms with Gasteiger partial charge in [-0.15, -0.1) is 0 Å². The molecule has 0 saturated heterocycles. The summed E-state index contributed by atoms with van der Waals surface area (Å²) in [6, 6.07) is 8.05. The van der Waals surface area contributed by atoms with Crippen LogP contribution in [0, 0.1) is 0 Å². The predicted octanol–water partition coefficient (Wildman–Crippen LogP) is 2.16. The molecule has 4 nitrogen and oxygen atoms in total. The summed E-state index contributed by atoms with van der Waals surface area (Å²) in [7, 11) is 0. The maximum absolute atomic E-state index is 12.1. The first-order valence-corrected chi connectivity index (χ1v) is 7.95. The first-order valence-electron chi connectivity index (χ1n) is 7.95. The average molecular weight is 288 g/mol. The number of rotatable bonds is 4. The largest absolute Gasteiger partial charge is 0.488 e. The average Bonchev–Trinajstić information content (AvgIpc) is 2.88. The van der Waals surface area contributed by atoms with Gasteiger partial charge in [0.25, 0.3) is 0 Å². The molecule has 0 radical (unpaired) electrons. The van der Waals surface area contributed by atoms with Gasteiger partial charge in [0.2, 0.25) is 5.91 Å². The lowest BCUT2D eigenvalue weighted by molar-refractivity contribution is -0.122. The molecule has 3 rings (SSSR count). The van der Waals surface area contributed by atoms with Crippen molar-refractivity contribution in [3.05, 3.63) is 29.8 Å². The highest BCUT2D eigenvalue weighted by Gasteiger charge is 2.30. The lowest BCUT2D eigenvalue weighted by Gasteiger charge is -2.32. The molecule has 1 aromatic rings. The van der Waals surface area contributed by atoms with E-state index < -0.39 is 0 Å². The SMILES string of the molecule is NC1(CC(=O)NCC2Cc3ccccc3O2)CCCCC1. The third kappa shape index (κ3) is 3.56. The molecule has 1 unspecified atom stereocenters. The van der Waals surface area contributed by atoms with E-state index in [-0.39, 0.29) is 17.6 Å². The standard InChI is InChI=1S/C17H24N2O2/c18-17(8-4-1-5-9-17)11-16(20)19-12-14-10-13-6-2-3-7-15(13)21-14/h2-3,6-7,14H,1,4-5,8-12,18H2,(H,19,20). The molecule has 1 aliphatic carbocycles. The van der Waals surface area contributed by atoms with Crippen LogP contribution in [0.15, 0.2) is 24.3 Å². The van der Waals surface area contributed by atoms with E-state index in [9.17, 15) is 4.79 Å². The number of amides is 1. The van der Waals surface area contributed by atoms with E-state index in [1.165, 1.54) is 12.0 Å². The molecule has 1 heterocycles. The van der Waals surface area contributed by atoms with Gasteiger partial charge in [-0.3, -0.25) is 4.79 Å². The van der Waals surface area contributed by atoms with Crippen LogP contribution in [0.5, 0.6) is 5.75 Å². The first-order chi connectivity index (χ1) is 10.1. The summed E-state index contributed by atoms with van der Waals surface area (Å²) in [4.78, 5) is 12.1. The van der Waals surface area contributed by atoms with Gasteiger partial charge in [0, 0.05) is 18.4 Å². The molecule has 114 valence electrons. The minimum absolute atomic E-state index is 0.0476. The number of fused-ring (bicyclic) bond motifs is 1. The minimum Gasteiger partial charge on any atom is -0.488 e. The number of para-hydroxylation sites is 1. The smallest absolute Gasteiger partial charge is 0.221 e. The minimum atomic E-state index is -0.290. The Kier molecular flexibility index (Phi) is 4.15. The fraction of sp³-hybridized carbons (Fsp3) is 0.588. The lowest BCUT2D eigenvalue weighted by Crippen LogP contribution is -2.47. The molecule has 21 heavy (non-hydrogen) atoms. The lowest BCUT2D eigenvalue weighted by atomic mass is 9.80. The van der Waals surface area contributed by atoms with Crippen LogP contribution >= 0.6 is 0 Å². The van der Waals surface area contributed by atoms with E-state index in [2.05, 4.69) is 11.4 Å². The number of nitrogens with two attached hydrogens (primary N) is 1. The van der Waals surface area contributed by atoms with Crippen LogP contribution in [0.25, 0.3) is 0 Å². The van der Waals surface area contributed by atoms with Crippen LogP contribution < -0.4 is 15.8 Å². The fourth-order valence-corrected chi connectivity index (χ4v) is 3.41. The van der Waals surface area contributed by atoms with Crippen LogP contribution in [0.2, 0.25) is 0 Å². The van der Waals surface area contributed by atoms with E-state index >= 15 is 0 Å². The molecule has 3 N–H and O–H groups in total. The number of benzene rings is 1. The highest BCUT2D eigenvalue weighted by Crippen LogP contribution is 2.29. The van der Waals surface area contributed by atoms with Crippen molar-refractivity contribution in [2.45, 2.75) is 56.6 Å². The Morgan fingerprint density at radius 3 is 2.81 bits per heavy atom. The van der Waals surface area contributed by atoms with Gasteiger partial charge in [0.1, 0.15) is 11.9 Å². The summed E-state index contributed by atoms with van der Waals surface area (Å²) >= 11 is 0. The number of hydrogen-bond acceptors (Lipinski definition) is 3. The molecular weight excluding hydrogens is 264 g/mol. The molecule has 0 aromatic heterocycles. The zero-order valence-electron chi connectivity index (χ0n) is 12.4. The Bertz CT molecular complexity index is 484. The summed E-state index contributed by atoms with van der Waals surface area (Å²) < 4.78 is 5.83. The summed E-state index contributed by atoms with van der Waals surface area (Å²) in [5.74, 6) is 0.998. The number of hydrogen-bond donors (Lipinski definition) is 2. The van der Waals surface area contributed by atoms with Gasteiger partial charge in [-0.25, -0.2) is 0 Å². The molecular formula is C17H24N2O2. The maximum Gasteiger partial charge on any atom is 0.221 e. The molecule has 1 atom stereocenters. The van der Waals surface area contributed by atoms with Crippen molar-refractivity contribution < 1.29 is 9.53 Å². The molecule has 1 aromatic carbocycles. The third-order valence-corrected chi connectivity index (χ3v) is 4.60. The van der Waals surface area contributed by atoms with Crippen molar-refractivity contribution in [2.24, 2.45) is 5.73 Å². The normalized spacial score (nSPS) is 23.2. The zero-order valence-corrected chi connectivity index (χ0v) is 12.4. The van der Waals surface area contributed by atoms with Crippen molar-refractivity contribution in [1.82, 2.24) is 5.32 Å². The molecule has 1 fully saturated rings. The molecule has 1 aliphatic heterocycles. The Hall–Kier alpha value is -1.55. The van der Waals surface area contributed by atoms with Crippen molar-refractivity contribution in [2.75, 3.05) is 6.54 Å². The Balaban J connectivity index is 1.45. The number of ether oxygens (including phenoxy) is 1. The van der Waals surface area contributed by atoms with Gasteiger partial charge < -0.3 is 15.8 Å². The van der Waals surface area contributed by atoms with Crippen LogP contribution in [0.4, 0.5) is 0 Å². The van der Waals surface area contributed by atoms with E-state index in [1.54, 1.807) is 0 Å². The van der Waals surface area contributed by atoms with Crippen molar-refractivity contribution >= 4 is 5.91 Å². The van der Waals surface area contributed by atoms with Gasteiger partial charge in [-0.2, -0.15) is 0 Å². The molecule has 2 aliphatic rings. The second kappa shape index (κ2) is 6.06. The van der Waals surface area contributed by atoms with Gasteiger partial charge in [-0.05, 0) is 24.5 Å².